The zero-order valence-corrected chi connectivity index (χ0v) is 13.7. The Morgan fingerprint density at radius 2 is 1.87 bits per heavy atom. The highest BCUT2D eigenvalue weighted by Crippen LogP contribution is 2.12. The zero-order valence-electron chi connectivity index (χ0n) is 13.7. The van der Waals surface area contributed by atoms with Gasteiger partial charge in [-0.1, -0.05) is 13.3 Å². The summed E-state index contributed by atoms with van der Waals surface area (Å²) in [6.07, 6.45) is 1.98. The first kappa shape index (κ1) is 16.7. The van der Waals surface area contributed by atoms with Crippen LogP contribution in [0.3, 0.4) is 0 Å². The fourth-order valence-electron chi connectivity index (χ4n) is 2.21. The van der Waals surface area contributed by atoms with Crippen LogP contribution in [-0.2, 0) is 0 Å². The van der Waals surface area contributed by atoms with Gasteiger partial charge in [-0.2, -0.15) is 5.10 Å². The lowest BCUT2D eigenvalue weighted by Gasteiger charge is -2.08. The quantitative estimate of drug-likeness (QED) is 0.833. The third-order valence-corrected chi connectivity index (χ3v) is 3.41. The van der Waals surface area contributed by atoms with Crippen molar-refractivity contribution in [1.29, 1.82) is 0 Å². The fraction of sp³-hybridized carbons (Fsp3) is 0.353. The molecule has 1 aromatic carbocycles. The number of amides is 2. The van der Waals surface area contributed by atoms with Gasteiger partial charge >= 0.3 is 6.03 Å². The minimum absolute atomic E-state index is 0.186. The summed E-state index contributed by atoms with van der Waals surface area (Å²) in [6.45, 7) is 6.41. The molecule has 0 aliphatic heterocycles. The van der Waals surface area contributed by atoms with Gasteiger partial charge in [-0.05, 0) is 50.6 Å². The van der Waals surface area contributed by atoms with Crippen molar-refractivity contribution < 1.29 is 9.59 Å². The molecular formula is C17H22N4O2. The molecule has 1 heterocycles. The molecule has 2 rings (SSSR count). The van der Waals surface area contributed by atoms with E-state index in [-0.39, 0.29) is 11.9 Å². The van der Waals surface area contributed by atoms with Crippen molar-refractivity contribution in [2.24, 2.45) is 0 Å². The second kappa shape index (κ2) is 7.58. The molecule has 0 unspecified atom stereocenters. The van der Waals surface area contributed by atoms with Gasteiger partial charge in [0.05, 0.1) is 5.69 Å². The van der Waals surface area contributed by atoms with Crippen LogP contribution in [0, 0.1) is 13.8 Å². The number of rotatable bonds is 5. The molecule has 0 fully saturated rings. The van der Waals surface area contributed by atoms with Crippen LogP contribution < -0.4 is 10.6 Å². The molecule has 6 nitrogen and oxygen atoms in total. The molecule has 0 aliphatic carbocycles. The Balaban J connectivity index is 2.00. The summed E-state index contributed by atoms with van der Waals surface area (Å²) in [6, 6.07) is 8.39. The molecule has 122 valence electrons. The average molecular weight is 314 g/mol. The van der Waals surface area contributed by atoms with Crippen molar-refractivity contribution >= 4 is 17.6 Å². The molecule has 0 radical (unpaired) electrons. The number of benzene rings is 1. The van der Waals surface area contributed by atoms with Crippen LogP contribution in [0.25, 0.3) is 0 Å². The Labute approximate surface area is 135 Å². The third kappa shape index (κ3) is 4.42. The van der Waals surface area contributed by atoms with Gasteiger partial charge in [0.1, 0.15) is 0 Å². The highest BCUT2D eigenvalue weighted by molar-refractivity contribution is 5.96. The van der Waals surface area contributed by atoms with Crippen molar-refractivity contribution in [1.82, 2.24) is 15.1 Å². The Kier molecular flexibility index (Phi) is 5.51. The standard InChI is InChI=1S/C17H22N4O2/c1-4-5-10-18-17(23)19-15-8-6-14(7-9-15)16(22)21-13(3)11-12(2)20-21/h6-9,11H,4-5,10H2,1-3H3,(H2,18,19,23). The van der Waals surface area contributed by atoms with E-state index < -0.39 is 0 Å². The van der Waals surface area contributed by atoms with Crippen molar-refractivity contribution in [3.8, 4) is 0 Å². The van der Waals surface area contributed by atoms with E-state index >= 15 is 0 Å². The largest absolute Gasteiger partial charge is 0.338 e. The summed E-state index contributed by atoms with van der Waals surface area (Å²) in [5.74, 6) is -0.186. The van der Waals surface area contributed by atoms with Gasteiger partial charge in [0.25, 0.3) is 5.91 Å². The van der Waals surface area contributed by atoms with Crippen molar-refractivity contribution in [3.05, 3.63) is 47.3 Å². The molecule has 1 aromatic heterocycles. The van der Waals surface area contributed by atoms with E-state index in [9.17, 15) is 9.59 Å². The smallest absolute Gasteiger partial charge is 0.319 e. The minimum atomic E-state index is -0.240. The molecule has 23 heavy (non-hydrogen) atoms. The second-order valence-electron chi connectivity index (χ2n) is 5.46. The van der Waals surface area contributed by atoms with Crippen LogP contribution in [0.2, 0.25) is 0 Å². The van der Waals surface area contributed by atoms with Crippen LogP contribution in [0.4, 0.5) is 10.5 Å². The molecule has 0 saturated carbocycles. The molecule has 0 spiro atoms. The number of carbonyl (C=O) groups is 2. The maximum Gasteiger partial charge on any atom is 0.319 e. The summed E-state index contributed by atoms with van der Waals surface area (Å²) in [5, 5.41) is 9.70. The maximum absolute atomic E-state index is 12.4. The van der Waals surface area contributed by atoms with Crippen LogP contribution in [0.5, 0.6) is 0 Å². The molecular weight excluding hydrogens is 292 g/mol. The monoisotopic (exact) mass is 314 g/mol. The molecule has 0 atom stereocenters. The molecule has 0 aliphatic rings. The van der Waals surface area contributed by atoms with E-state index in [1.165, 1.54) is 4.68 Å². The summed E-state index contributed by atoms with van der Waals surface area (Å²) in [5.41, 5.74) is 2.76. The van der Waals surface area contributed by atoms with Gasteiger partial charge < -0.3 is 10.6 Å². The molecule has 2 N–H and O–H groups in total. The van der Waals surface area contributed by atoms with Gasteiger partial charge in [0, 0.05) is 23.5 Å². The topological polar surface area (TPSA) is 76.0 Å². The van der Waals surface area contributed by atoms with E-state index in [0.29, 0.717) is 17.8 Å². The van der Waals surface area contributed by atoms with Gasteiger partial charge in [-0.15, -0.1) is 0 Å². The number of hydrogen-bond donors (Lipinski definition) is 2. The third-order valence-electron chi connectivity index (χ3n) is 3.41. The number of unbranched alkanes of at least 4 members (excludes halogenated alkanes) is 1. The predicted octanol–water partition coefficient (Wildman–Crippen LogP) is 3.11. The van der Waals surface area contributed by atoms with Crippen LogP contribution >= 0.6 is 0 Å². The van der Waals surface area contributed by atoms with Crippen LogP contribution in [-0.4, -0.2) is 28.3 Å². The Hall–Kier alpha value is -2.63. The van der Waals surface area contributed by atoms with E-state index in [2.05, 4.69) is 22.7 Å². The first-order chi connectivity index (χ1) is 11.0. The molecule has 0 bridgehead atoms. The Morgan fingerprint density at radius 3 is 2.43 bits per heavy atom. The van der Waals surface area contributed by atoms with Crippen molar-refractivity contribution in [2.45, 2.75) is 33.6 Å². The van der Waals surface area contributed by atoms with E-state index in [1.807, 2.05) is 19.9 Å². The highest BCUT2D eigenvalue weighted by Gasteiger charge is 2.12. The normalized spacial score (nSPS) is 10.4. The maximum atomic E-state index is 12.4. The van der Waals surface area contributed by atoms with Gasteiger partial charge in [-0.3, -0.25) is 4.79 Å². The lowest BCUT2D eigenvalue weighted by Crippen LogP contribution is -2.29. The minimum Gasteiger partial charge on any atom is -0.338 e. The Bertz CT molecular complexity index is 689. The van der Waals surface area contributed by atoms with Crippen LogP contribution in [0.15, 0.2) is 30.3 Å². The lowest BCUT2D eigenvalue weighted by molar-refractivity contribution is 0.0942. The molecule has 0 saturated heterocycles. The second-order valence-corrected chi connectivity index (χ2v) is 5.46. The van der Waals surface area contributed by atoms with Crippen molar-refractivity contribution in [3.63, 3.8) is 0 Å². The van der Waals surface area contributed by atoms with E-state index in [0.717, 1.165) is 24.2 Å². The number of nitrogens with zero attached hydrogens (tertiary/aromatic N) is 2. The van der Waals surface area contributed by atoms with E-state index in [1.54, 1.807) is 24.3 Å². The molecule has 2 amide bonds. The zero-order chi connectivity index (χ0) is 16.8. The van der Waals surface area contributed by atoms with E-state index in [4.69, 9.17) is 0 Å². The summed E-state index contributed by atoms with van der Waals surface area (Å²) < 4.78 is 1.38. The number of aromatic nitrogens is 2. The average Bonchev–Trinajstić information content (AvgIpc) is 2.86. The number of hydrogen-bond acceptors (Lipinski definition) is 3. The first-order valence-corrected chi connectivity index (χ1v) is 7.74. The fourth-order valence-corrected chi connectivity index (χ4v) is 2.21. The SMILES string of the molecule is CCCCNC(=O)Nc1ccc(C(=O)n2nc(C)cc2C)cc1. The number of urea groups is 1. The number of anilines is 1. The lowest BCUT2D eigenvalue weighted by atomic mass is 10.2. The van der Waals surface area contributed by atoms with Crippen molar-refractivity contribution in [2.75, 3.05) is 11.9 Å². The molecule has 2 aromatic rings. The predicted molar refractivity (Wildman–Crippen MR) is 89.8 cm³/mol. The number of nitrogens with one attached hydrogen (secondary N) is 2. The summed E-state index contributed by atoms with van der Waals surface area (Å²) >= 11 is 0. The van der Waals surface area contributed by atoms with Gasteiger partial charge in [0.15, 0.2) is 0 Å². The summed E-state index contributed by atoms with van der Waals surface area (Å²) in [4.78, 5) is 24.1. The number of aryl methyl sites for hydroxylation is 2. The Morgan fingerprint density at radius 1 is 1.17 bits per heavy atom. The van der Waals surface area contributed by atoms with Gasteiger partial charge in [-0.25, -0.2) is 9.48 Å². The number of carbonyl (C=O) groups excluding carboxylic acids is 2. The molecule has 6 heteroatoms. The highest BCUT2D eigenvalue weighted by atomic mass is 16.2. The first-order valence-electron chi connectivity index (χ1n) is 7.74. The summed E-state index contributed by atoms with van der Waals surface area (Å²) in [7, 11) is 0. The van der Waals surface area contributed by atoms with Gasteiger partial charge in [0.2, 0.25) is 0 Å². The van der Waals surface area contributed by atoms with Crippen LogP contribution in [0.1, 0.15) is 41.5 Å².